The van der Waals surface area contributed by atoms with Gasteiger partial charge in [-0.15, -0.1) is 69.7 Å². The Morgan fingerprint density at radius 2 is 0.794 bits per heavy atom. The number of hydrogen-bond acceptors (Lipinski definition) is 0. The van der Waals surface area contributed by atoms with Crippen molar-refractivity contribution in [1.29, 1.82) is 0 Å². The summed E-state index contributed by atoms with van der Waals surface area (Å²) in [6, 6.07) is 49.5. The molecule has 0 bridgehead atoms. The van der Waals surface area contributed by atoms with Gasteiger partial charge in [0.15, 0.2) is 0 Å². The number of fused-ring (bicyclic) bond motifs is 2. The van der Waals surface area contributed by atoms with Crippen molar-refractivity contribution in [1.82, 2.24) is 0 Å². The Morgan fingerprint density at radius 3 is 1.18 bits per heavy atom. The van der Waals surface area contributed by atoms with E-state index in [0.717, 1.165) is 0 Å². The molecule has 0 atom stereocenters. The van der Waals surface area contributed by atoms with Gasteiger partial charge in [-0.3, -0.25) is 0 Å². The smallest absolute Gasteiger partial charge is 1.00 e. The largest absolute Gasteiger partial charge is 4.00 e. The van der Waals surface area contributed by atoms with E-state index in [2.05, 4.69) is 133 Å². The van der Waals surface area contributed by atoms with Crippen LogP contribution in [0.15, 0.2) is 133 Å². The number of halogens is 2. The molecule has 0 amide bonds. The molecule has 0 N–H and O–H groups in total. The Morgan fingerprint density at radius 1 is 0.441 bits per heavy atom. The van der Waals surface area contributed by atoms with Crippen molar-refractivity contribution in [3.63, 3.8) is 0 Å². The quantitative estimate of drug-likeness (QED) is 0.165. The van der Waals surface area contributed by atoms with Crippen molar-refractivity contribution >= 4 is 50.4 Å². The van der Waals surface area contributed by atoms with Crippen LogP contribution in [0.5, 0.6) is 0 Å². The Labute approximate surface area is 233 Å². The summed E-state index contributed by atoms with van der Waals surface area (Å²) in [5, 5.41) is 11.0. The van der Waals surface area contributed by atoms with Crippen LogP contribution in [0.1, 0.15) is 0 Å². The van der Waals surface area contributed by atoms with Gasteiger partial charge in [0.2, 0.25) is 0 Å². The van der Waals surface area contributed by atoms with Crippen LogP contribution >= 0.6 is 0 Å². The van der Waals surface area contributed by atoms with Gasteiger partial charge in [0, 0.05) is 0 Å². The van der Waals surface area contributed by atoms with Gasteiger partial charge >= 0.3 is 25.8 Å². The molecule has 0 aliphatic heterocycles. The summed E-state index contributed by atoms with van der Waals surface area (Å²) in [6.45, 7) is 0. The van der Waals surface area contributed by atoms with Crippen LogP contribution in [0.25, 0.3) is 21.5 Å². The average Bonchev–Trinajstić information content (AvgIpc) is 3.46. The Kier molecular flexibility index (Phi) is 8.54. The van der Waals surface area contributed by atoms with Gasteiger partial charge in [-0.2, -0.15) is 22.9 Å². The summed E-state index contributed by atoms with van der Waals surface area (Å²) in [7, 11) is -2.47. The Hall–Kier alpha value is -2.23. The van der Waals surface area contributed by atoms with Crippen LogP contribution in [0.4, 0.5) is 0 Å². The molecule has 0 heterocycles. The van der Waals surface area contributed by atoms with Gasteiger partial charge < -0.3 is 24.8 Å². The molecule has 0 saturated carbocycles. The molecule has 4 heteroatoms. The fourth-order valence-electron chi connectivity index (χ4n) is 5.11. The molecule has 6 aromatic rings. The van der Waals surface area contributed by atoms with E-state index in [0.29, 0.717) is 0 Å². The standard InChI is InChI=1S/C30H22Si.2ClH.Hf/c1-3-15-27(16-4-1)31(28-17-5-2-6-18-28,29-19-23-11-7-8-12-24(23)20-29)30-21-25-13-9-10-14-26(25)22-30;;;/h1-22H;2*1H;/q-2;;;+4/p-2. The van der Waals surface area contributed by atoms with Crippen molar-refractivity contribution in [2.75, 3.05) is 0 Å². The monoisotopic (exact) mass is 660 g/mol. The van der Waals surface area contributed by atoms with Gasteiger partial charge in [-0.25, -0.2) is 0 Å². The minimum absolute atomic E-state index is 0. The topological polar surface area (TPSA) is 0 Å². The van der Waals surface area contributed by atoms with Crippen molar-refractivity contribution in [2.24, 2.45) is 0 Å². The number of benzene rings is 4. The molecule has 0 unspecified atom stereocenters. The van der Waals surface area contributed by atoms with Crippen LogP contribution < -0.4 is 45.6 Å². The molecule has 164 valence electrons. The van der Waals surface area contributed by atoms with Gasteiger partial charge in [0.05, 0.1) is 0 Å². The van der Waals surface area contributed by atoms with Gasteiger partial charge in [-0.05, 0) is 10.4 Å². The second kappa shape index (κ2) is 11.0. The molecule has 0 radical (unpaired) electrons. The van der Waals surface area contributed by atoms with Crippen LogP contribution in [0.2, 0.25) is 0 Å². The average molecular weight is 660 g/mol. The van der Waals surface area contributed by atoms with E-state index in [1.54, 1.807) is 0 Å². The molecule has 0 aliphatic rings. The number of rotatable bonds is 4. The zero-order chi connectivity index (χ0) is 20.7. The van der Waals surface area contributed by atoms with Gasteiger partial charge in [-0.1, -0.05) is 72.8 Å². The maximum Gasteiger partial charge on any atom is 4.00 e. The molecule has 0 aliphatic carbocycles. The third-order valence-electron chi connectivity index (χ3n) is 6.52. The van der Waals surface area contributed by atoms with E-state index in [1.807, 2.05) is 0 Å². The maximum absolute atomic E-state index is 2.47. The van der Waals surface area contributed by atoms with Crippen LogP contribution in [-0.2, 0) is 25.8 Å². The molecule has 0 spiro atoms. The van der Waals surface area contributed by atoms with Crippen molar-refractivity contribution in [2.45, 2.75) is 0 Å². The van der Waals surface area contributed by atoms with E-state index in [1.165, 1.54) is 42.3 Å². The first-order valence-corrected chi connectivity index (χ1v) is 12.8. The third-order valence-corrected chi connectivity index (χ3v) is 11.2. The molecule has 0 saturated heterocycles. The SMILES string of the molecule is [Cl-].[Cl-].[Hf+4].c1ccc([Si](c2ccccc2)(c2cc3ccccc3[cH-]2)c2cc3ccccc3[cH-]2)cc1. The number of hydrogen-bond donors (Lipinski definition) is 0. The summed E-state index contributed by atoms with van der Waals surface area (Å²) < 4.78 is 0. The first-order chi connectivity index (χ1) is 15.4. The summed E-state index contributed by atoms with van der Waals surface area (Å²) in [5.41, 5.74) is 0. The maximum atomic E-state index is 2.43. The van der Waals surface area contributed by atoms with Crippen molar-refractivity contribution in [3.8, 4) is 0 Å². The van der Waals surface area contributed by atoms with E-state index in [-0.39, 0.29) is 50.7 Å². The summed E-state index contributed by atoms with van der Waals surface area (Å²) in [5.74, 6) is 0. The predicted octanol–water partition coefficient (Wildman–Crippen LogP) is -1.19. The zero-order valence-electron chi connectivity index (χ0n) is 18.5. The molecule has 6 aromatic carbocycles. The Balaban J connectivity index is 0.00000108. The first kappa shape index (κ1) is 26.4. The summed E-state index contributed by atoms with van der Waals surface area (Å²) >= 11 is 0. The second-order valence-corrected chi connectivity index (χ2v) is 12.0. The van der Waals surface area contributed by atoms with E-state index in [9.17, 15) is 0 Å². The minimum Gasteiger partial charge on any atom is -1.00 e. The normalized spacial score (nSPS) is 10.8. The third kappa shape index (κ3) is 4.29. The van der Waals surface area contributed by atoms with Crippen LogP contribution in [0, 0.1) is 0 Å². The van der Waals surface area contributed by atoms with Crippen molar-refractivity contribution in [3.05, 3.63) is 133 Å². The molecular formula is C30H22Cl2HfSi. The molecule has 0 fully saturated rings. The predicted molar refractivity (Wildman–Crippen MR) is 136 cm³/mol. The molecule has 0 aromatic heterocycles. The van der Waals surface area contributed by atoms with Gasteiger partial charge in [0.1, 0.15) is 8.07 Å². The first-order valence-electron chi connectivity index (χ1n) is 10.8. The fourth-order valence-corrected chi connectivity index (χ4v) is 9.98. The van der Waals surface area contributed by atoms with Crippen molar-refractivity contribution < 1.29 is 50.7 Å². The second-order valence-electron chi connectivity index (χ2n) is 8.23. The van der Waals surface area contributed by atoms with Crippen LogP contribution in [0.3, 0.4) is 0 Å². The van der Waals surface area contributed by atoms with E-state index >= 15 is 0 Å². The summed E-state index contributed by atoms with van der Waals surface area (Å²) in [6.07, 6.45) is 0. The molecule has 6 rings (SSSR count). The molecule has 34 heavy (non-hydrogen) atoms. The molecule has 0 nitrogen and oxygen atoms in total. The van der Waals surface area contributed by atoms with E-state index < -0.39 is 8.07 Å². The van der Waals surface area contributed by atoms with Gasteiger partial charge in [0.25, 0.3) is 0 Å². The minimum atomic E-state index is -2.47. The Bertz CT molecular complexity index is 1300. The summed E-state index contributed by atoms with van der Waals surface area (Å²) in [4.78, 5) is 0. The molecular weight excluding hydrogens is 638 g/mol. The fraction of sp³-hybridized carbons (Fsp3) is 0. The zero-order valence-corrected chi connectivity index (χ0v) is 24.6. The van der Waals surface area contributed by atoms with E-state index in [4.69, 9.17) is 0 Å². The van der Waals surface area contributed by atoms with Crippen LogP contribution in [-0.4, -0.2) is 8.07 Å².